The number of nitrogens with two attached hydrogens (primary N) is 1. The topological polar surface area (TPSA) is 53.1 Å². The van der Waals surface area contributed by atoms with Crippen molar-refractivity contribution in [2.45, 2.75) is 53.0 Å². The maximum Gasteiger partial charge on any atom is 0.0947 e. The Hall–Kier alpha value is -0.570. The first kappa shape index (κ1) is 14.4. The number of rotatable bonds is 8. The second-order valence-electron chi connectivity index (χ2n) is 4.65. The highest BCUT2D eigenvalue weighted by Gasteiger charge is 2.14. The Bertz CT molecular complexity index is 178. The number of nitrogens with zero attached hydrogens (tertiary/aromatic N) is 1. The van der Waals surface area contributed by atoms with E-state index in [4.69, 9.17) is 11.1 Å². The number of hydrogen-bond donors (Lipinski definition) is 2. The lowest BCUT2D eigenvalue weighted by atomic mass is 10.1. The predicted molar refractivity (Wildman–Crippen MR) is 67.3 cm³/mol. The molecule has 0 aliphatic rings. The largest absolute Gasteiger partial charge is 0.387 e. The Morgan fingerprint density at radius 3 is 2.27 bits per heavy atom. The second kappa shape index (κ2) is 7.69. The van der Waals surface area contributed by atoms with E-state index in [-0.39, 0.29) is 5.92 Å². The second-order valence-corrected chi connectivity index (χ2v) is 4.65. The summed E-state index contributed by atoms with van der Waals surface area (Å²) < 4.78 is 0. The Morgan fingerprint density at radius 2 is 1.87 bits per heavy atom. The van der Waals surface area contributed by atoms with Gasteiger partial charge in [0, 0.05) is 18.5 Å². The molecule has 0 saturated heterocycles. The summed E-state index contributed by atoms with van der Waals surface area (Å²) in [7, 11) is 0. The molecule has 0 aliphatic heterocycles. The molecule has 1 unspecified atom stereocenters. The van der Waals surface area contributed by atoms with E-state index in [1.165, 1.54) is 19.3 Å². The first-order valence-electron chi connectivity index (χ1n) is 6.07. The summed E-state index contributed by atoms with van der Waals surface area (Å²) in [4.78, 5) is 2.42. The zero-order valence-corrected chi connectivity index (χ0v) is 10.7. The maximum absolute atomic E-state index is 7.40. The normalized spacial score (nSPS) is 13.5. The molecule has 1 atom stereocenters. The van der Waals surface area contributed by atoms with E-state index in [9.17, 15) is 0 Å². The lowest BCUT2D eigenvalue weighted by Gasteiger charge is -2.28. The molecule has 0 radical (unpaired) electrons. The summed E-state index contributed by atoms with van der Waals surface area (Å²) in [6, 6.07) is 0.545. The third kappa shape index (κ3) is 6.50. The molecule has 0 aromatic heterocycles. The Labute approximate surface area is 94.5 Å². The minimum Gasteiger partial charge on any atom is -0.387 e. The Kier molecular flexibility index (Phi) is 7.39. The smallest absolute Gasteiger partial charge is 0.0947 e. The van der Waals surface area contributed by atoms with Gasteiger partial charge in [-0.05, 0) is 26.8 Å². The van der Waals surface area contributed by atoms with Crippen LogP contribution in [0.2, 0.25) is 0 Å². The van der Waals surface area contributed by atoms with Crippen molar-refractivity contribution in [3.63, 3.8) is 0 Å². The van der Waals surface area contributed by atoms with Crippen molar-refractivity contribution in [2.24, 2.45) is 11.7 Å². The van der Waals surface area contributed by atoms with E-state index >= 15 is 0 Å². The van der Waals surface area contributed by atoms with E-state index in [0.717, 1.165) is 13.1 Å². The third-order valence-corrected chi connectivity index (χ3v) is 2.82. The molecule has 3 N–H and O–H groups in total. The standard InChI is InChI=1S/C12H27N3/c1-5-6-7-8-15(10(2)3)9-11(4)12(13)14/h10-11H,5-9H2,1-4H3,(H3,13,14). The van der Waals surface area contributed by atoms with Crippen molar-refractivity contribution >= 4 is 5.84 Å². The van der Waals surface area contributed by atoms with Crippen LogP contribution in [-0.4, -0.2) is 29.9 Å². The molecule has 0 heterocycles. The van der Waals surface area contributed by atoms with Crippen LogP contribution in [0.3, 0.4) is 0 Å². The molecule has 0 spiro atoms. The van der Waals surface area contributed by atoms with Crippen molar-refractivity contribution in [3.05, 3.63) is 0 Å². The van der Waals surface area contributed by atoms with Crippen LogP contribution in [0.4, 0.5) is 0 Å². The molecule has 0 amide bonds. The molecule has 0 saturated carbocycles. The van der Waals surface area contributed by atoms with Gasteiger partial charge in [0.1, 0.15) is 0 Å². The molecule has 0 aliphatic carbocycles. The minimum absolute atomic E-state index is 0.175. The average Bonchev–Trinajstić information content (AvgIpc) is 2.15. The minimum atomic E-state index is 0.175. The summed E-state index contributed by atoms with van der Waals surface area (Å²) in [5.41, 5.74) is 5.50. The van der Waals surface area contributed by atoms with Crippen LogP contribution in [-0.2, 0) is 0 Å². The van der Waals surface area contributed by atoms with Gasteiger partial charge in [-0.1, -0.05) is 26.7 Å². The number of unbranched alkanes of at least 4 members (excludes halogenated alkanes) is 2. The van der Waals surface area contributed by atoms with Crippen LogP contribution in [0.1, 0.15) is 47.0 Å². The molecule has 90 valence electrons. The van der Waals surface area contributed by atoms with Crippen molar-refractivity contribution in [3.8, 4) is 0 Å². The fraction of sp³-hybridized carbons (Fsp3) is 0.917. The fourth-order valence-electron chi connectivity index (χ4n) is 1.58. The van der Waals surface area contributed by atoms with Gasteiger partial charge >= 0.3 is 0 Å². The molecule has 0 aromatic rings. The number of hydrogen-bond acceptors (Lipinski definition) is 2. The highest BCUT2D eigenvalue weighted by atomic mass is 15.1. The Balaban J connectivity index is 3.98. The molecule has 0 rings (SSSR count). The van der Waals surface area contributed by atoms with Gasteiger partial charge in [0.25, 0.3) is 0 Å². The molecular weight excluding hydrogens is 186 g/mol. The SMILES string of the molecule is CCCCCN(CC(C)C(=N)N)C(C)C. The highest BCUT2D eigenvalue weighted by molar-refractivity contribution is 5.79. The lowest BCUT2D eigenvalue weighted by Crippen LogP contribution is -2.39. The van der Waals surface area contributed by atoms with Gasteiger partial charge < -0.3 is 10.6 Å². The van der Waals surface area contributed by atoms with Gasteiger partial charge in [-0.15, -0.1) is 0 Å². The van der Waals surface area contributed by atoms with Gasteiger partial charge in [0.2, 0.25) is 0 Å². The van der Waals surface area contributed by atoms with Crippen LogP contribution < -0.4 is 5.73 Å². The lowest BCUT2D eigenvalue weighted by molar-refractivity contribution is 0.204. The van der Waals surface area contributed by atoms with Crippen molar-refractivity contribution in [1.29, 1.82) is 5.41 Å². The van der Waals surface area contributed by atoms with Crippen molar-refractivity contribution in [2.75, 3.05) is 13.1 Å². The highest BCUT2D eigenvalue weighted by Crippen LogP contribution is 2.07. The van der Waals surface area contributed by atoms with Gasteiger partial charge in [-0.2, -0.15) is 0 Å². The number of amidine groups is 1. The van der Waals surface area contributed by atoms with E-state index in [2.05, 4.69) is 25.7 Å². The molecular formula is C12H27N3. The molecule has 0 bridgehead atoms. The Morgan fingerprint density at radius 1 is 1.27 bits per heavy atom. The zero-order chi connectivity index (χ0) is 11.8. The van der Waals surface area contributed by atoms with E-state index in [0.29, 0.717) is 11.9 Å². The van der Waals surface area contributed by atoms with Crippen LogP contribution in [0.5, 0.6) is 0 Å². The monoisotopic (exact) mass is 213 g/mol. The van der Waals surface area contributed by atoms with Crippen LogP contribution in [0.15, 0.2) is 0 Å². The predicted octanol–water partition coefficient (Wildman–Crippen LogP) is 2.46. The molecule has 0 aromatic carbocycles. The van der Waals surface area contributed by atoms with Crippen LogP contribution >= 0.6 is 0 Å². The summed E-state index contributed by atoms with van der Waals surface area (Å²) >= 11 is 0. The van der Waals surface area contributed by atoms with Crippen LogP contribution in [0, 0.1) is 11.3 Å². The third-order valence-electron chi connectivity index (χ3n) is 2.82. The van der Waals surface area contributed by atoms with E-state index in [1.54, 1.807) is 0 Å². The van der Waals surface area contributed by atoms with E-state index < -0.39 is 0 Å². The summed E-state index contributed by atoms with van der Waals surface area (Å²) in [6.07, 6.45) is 3.80. The maximum atomic E-state index is 7.40. The number of nitrogens with one attached hydrogen (secondary N) is 1. The quantitative estimate of drug-likeness (QED) is 0.370. The van der Waals surface area contributed by atoms with Crippen LogP contribution in [0.25, 0.3) is 0 Å². The van der Waals surface area contributed by atoms with E-state index in [1.807, 2.05) is 6.92 Å². The first-order chi connectivity index (χ1) is 6.99. The summed E-state index contributed by atoms with van der Waals surface area (Å²) in [5, 5.41) is 7.40. The van der Waals surface area contributed by atoms with Crippen molar-refractivity contribution in [1.82, 2.24) is 4.90 Å². The van der Waals surface area contributed by atoms with Gasteiger partial charge in [-0.3, -0.25) is 5.41 Å². The molecule has 3 heteroatoms. The van der Waals surface area contributed by atoms with Gasteiger partial charge in [0.05, 0.1) is 5.84 Å². The molecule has 15 heavy (non-hydrogen) atoms. The van der Waals surface area contributed by atoms with Gasteiger partial charge in [-0.25, -0.2) is 0 Å². The summed E-state index contributed by atoms with van der Waals surface area (Å²) in [6.45, 7) is 10.7. The summed E-state index contributed by atoms with van der Waals surface area (Å²) in [5.74, 6) is 0.477. The fourth-order valence-corrected chi connectivity index (χ4v) is 1.58. The zero-order valence-electron chi connectivity index (χ0n) is 10.7. The molecule has 0 fully saturated rings. The molecule has 3 nitrogen and oxygen atoms in total. The van der Waals surface area contributed by atoms with Gasteiger partial charge in [0.15, 0.2) is 0 Å². The first-order valence-corrected chi connectivity index (χ1v) is 6.07. The average molecular weight is 213 g/mol. The van der Waals surface area contributed by atoms with Crippen molar-refractivity contribution < 1.29 is 0 Å².